The molecule has 3 amide bonds. The van der Waals surface area contributed by atoms with Gasteiger partial charge in [0, 0.05) is 6.07 Å². The SMILES string of the molecule is COc1cc(N(C(=O)C2(C(N)=O)CC2)c2nc(C)c(C(=O)Nc3cc(C(F)(F)F)ccc3Cl)s2)cc(C(F)(F)F)c1. The number of aromatic nitrogens is 1. The summed E-state index contributed by atoms with van der Waals surface area (Å²) in [6, 6.07) is 4.78. The number of primary amides is 1. The molecule has 0 spiro atoms. The molecule has 1 aliphatic carbocycles. The van der Waals surface area contributed by atoms with E-state index in [1.165, 1.54) is 6.92 Å². The van der Waals surface area contributed by atoms with Crippen LogP contribution in [0.5, 0.6) is 5.75 Å². The average Bonchev–Trinajstić information content (AvgIpc) is 3.61. The molecule has 0 unspecified atom stereocenters. The first kappa shape index (κ1) is 30.1. The number of hydrogen-bond donors (Lipinski definition) is 2. The monoisotopic (exact) mass is 620 g/mol. The van der Waals surface area contributed by atoms with Gasteiger partial charge in [0.15, 0.2) is 5.13 Å². The van der Waals surface area contributed by atoms with Gasteiger partial charge in [0.05, 0.1) is 40.3 Å². The van der Waals surface area contributed by atoms with Crippen LogP contribution in [-0.2, 0) is 21.9 Å². The number of benzene rings is 2. The molecule has 1 aliphatic rings. The first-order chi connectivity index (χ1) is 19.0. The second kappa shape index (κ2) is 10.5. The second-order valence-electron chi connectivity index (χ2n) is 9.06. The number of nitrogens with one attached hydrogen (secondary N) is 1. The summed E-state index contributed by atoms with van der Waals surface area (Å²) >= 11 is 6.53. The van der Waals surface area contributed by atoms with Gasteiger partial charge in [-0.1, -0.05) is 22.9 Å². The van der Waals surface area contributed by atoms with E-state index in [4.69, 9.17) is 22.1 Å². The molecule has 1 saturated carbocycles. The molecular formula is C25H19ClF6N4O4S. The molecule has 1 aromatic heterocycles. The Morgan fingerprint density at radius 1 is 1.05 bits per heavy atom. The molecule has 3 N–H and O–H groups in total. The van der Waals surface area contributed by atoms with Crippen LogP contribution in [0.15, 0.2) is 36.4 Å². The highest BCUT2D eigenvalue weighted by atomic mass is 35.5. The Morgan fingerprint density at radius 2 is 1.68 bits per heavy atom. The number of amides is 3. The van der Waals surface area contributed by atoms with Crippen molar-refractivity contribution in [3.05, 3.63) is 63.1 Å². The lowest BCUT2D eigenvalue weighted by Crippen LogP contribution is -2.41. The van der Waals surface area contributed by atoms with E-state index in [0.717, 1.165) is 30.2 Å². The standard InChI is InChI=1S/C25H19ClF6N4O4S/c1-11-18(19(37)35-17-9-12(24(27,28)29)3-4-16(17)26)41-22(34-11)36(21(39)23(5-6-23)20(33)38)14-7-13(25(30,31)32)8-15(10-14)40-2/h3-4,7-10H,5-6H2,1-2H3,(H2,33,38)(H,35,37). The molecule has 4 rings (SSSR count). The van der Waals surface area contributed by atoms with Gasteiger partial charge in [0.1, 0.15) is 16.0 Å². The summed E-state index contributed by atoms with van der Waals surface area (Å²) in [5, 5.41) is 1.78. The van der Waals surface area contributed by atoms with Crippen molar-refractivity contribution in [2.45, 2.75) is 32.1 Å². The van der Waals surface area contributed by atoms with Crippen molar-refractivity contribution in [2.24, 2.45) is 11.1 Å². The summed E-state index contributed by atoms with van der Waals surface area (Å²) in [6.45, 7) is 1.35. The van der Waals surface area contributed by atoms with Gasteiger partial charge in [-0.05, 0) is 50.1 Å². The maximum atomic E-state index is 13.7. The predicted molar refractivity (Wildman–Crippen MR) is 137 cm³/mol. The maximum absolute atomic E-state index is 13.7. The third-order valence-corrected chi connectivity index (χ3v) is 7.74. The zero-order chi connectivity index (χ0) is 30.5. The van der Waals surface area contributed by atoms with Gasteiger partial charge in [-0.25, -0.2) is 4.98 Å². The molecule has 1 heterocycles. The third-order valence-electron chi connectivity index (χ3n) is 6.27. The molecule has 1 fully saturated rings. The summed E-state index contributed by atoms with van der Waals surface area (Å²) in [5.41, 5.74) is 0.771. The number of anilines is 3. The molecule has 0 bridgehead atoms. The van der Waals surface area contributed by atoms with E-state index in [1.807, 2.05) is 0 Å². The fourth-order valence-electron chi connectivity index (χ4n) is 3.88. The number of nitrogens with zero attached hydrogens (tertiary/aromatic N) is 2. The number of hydrogen-bond acceptors (Lipinski definition) is 6. The van der Waals surface area contributed by atoms with Crippen molar-refractivity contribution in [2.75, 3.05) is 17.3 Å². The van der Waals surface area contributed by atoms with Gasteiger partial charge in [0.25, 0.3) is 5.91 Å². The van der Waals surface area contributed by atoms with Gasteiger partial charge in [-0.15, -0.1) is 0 Å². The Hall–Kier alpha value is -3.85. The number of thiazole rings is 1. The number of halogens is 7. The van der Waals surface area contributed by atoms with Crippen molar-refractivity contribution >= 4 is 57.2 Å². The van der Waals surface area contributed by atoms with Crippen LogP contribution in [0.1, 0.15) is 39.3 Å². The quantitative estimate of drug-likeness (QED) is 0.237. The molecule has 3 aromatic rings. The highest BCUT2D eigenvalue weighted by Crippen LogP contribution is 2.50. The predicted octanol–water partition coefficient (Wildman–Crippen LogP) is 6.33. The van der Waals surface area contributed by atoms with Gasteiger partial charge in [-0.2, -0.15) is 26.3 Å². The van der Waals surface area contributed by atoms with Crippen LogP contribution in [0, 0.1) is 12.3 Å². The number of methoxy groups -OCH3 is 1. The minimum Gasteiger partial charge on any atom is -0.497 e. The third kappa shape index (κ3) is 5.95. The molecule has 218 valence electrons. The number of ether oxygens (including phenoxy) is 1. The lowest BCUT2D eigenvalue weighted by Gasteiger charge is -2.25. The Labute approximate surface area is 237 Å². The lowest BCUT2D eigenvalue weighted by molar-refractivity contribution is -0.138. The number of rotatable bonds is 7. The van der Waals surface area contributed by atoms with Gasteiger partial charge >= 0.3 is 12.4 Å². The molecular weight excluding hydrogens is 602 g/mol. The molecule has 0 aliphatic heterocycles. The van der Waals surface area contributed by atoms with E-state index in [1.54, 1.807) is 0 Å². The van der Waals surface area contributed by atoms with Crippen molar-refractivity contribution in [1.82, 2.24) is 4.98 Å². The fourth-order valence-corrected chi connectivity index (χ4v) is 5.02. The first-order valence-electron chi connectivity index (χ1n) is 11.5. The lowest BCUT2D eigenvalue weighted by atomic mass is 10.0. The summed E-state index contributed by atoms with van der Waals surface area (Å²) < 4.78 is 85.4. The van der Waals surface area contributed by atoms with Gasteiger partial charge in [0.2, 0.25) is 11.8 Å². The van der Waals surface area contributed by atoms with Crippen LogP contribution in [0.25, 0.3) is 0 Å². The van der Waals surface area contributed by atoms with Crippen LogP contribution in [0.3, 0.4) is 0 Å². The molecule has 0 radical (unpaired) electrons. The first-order valence-corrected chi connectivity index (χ1v) is 12.7. The smallest absolute Gasteiger partial charge is 0.416 e. The van der Waals surface area contributed by atoms with E-state index in [0.29, 0.717) is 29.5 Å². The number of aryl methyl sites for hydroxylation is 1. The Morgan fingerprint density at radius 3 is 2.22 bits per heavy atom. The van der Waals surface area contributed by atoms with Crippen LogP contribution in [-0.4, -0.2) is 29.8 Å². The van der Waals surface area contributed by atoms with Crippen LogP contribution < -0.4 is 20.7 Å². The van der Waals surface area contributed by atoms with Crippen LogP contribution >= 0.6 is 22.9 Å². The number of carbonyl (C=O) groups excluding carboxylic acids is 3. The molecule has 41 heavy (non-hydrogen) atoms. The molecule has 2 aromatic carbocycles. The minimum atomic E-state index is -4.84. The summed E-state index contributed by atoms with van der Waals surface area (Å²) in [7, 11) is 1.12. The molecule has 16 heteroatoms. The average molecular weight is 621 g/mol. The zero-order valence-electron chi connectivity index (χ0n) is 21.0. The minimum absolute atomic E-state index is 0.00809. The van der Waals surface area contributed by atoms with Crippen molar-refractivity contribution in [1.29, 1.82) is 0 Å². The Kier molecular flexibility index (Phi) is 7.73. The van der Waals surface area contributed by atoms with E-state index in [9.17, 15) is 40.7 Å². The number of alkyl halides is 6. The topological polar surface area (TPSA) is 115 Å². The summed E-state index contributed by atoms with van der Waals surface area (Å²) in [4.78, 5) is 43.6. The number of carbonyl (C=O) groups is 3. The molecule has 8 nitrogen and oxygen atoms in total. The second-order valence-corrected chi connectivity index (χ2v) is 10.4. The van der Waals surface area contributed by atoms with Gasteiger partial charge < -0.3 is 15.8 Å². The van der Waals surface area contributed by atoms with E-state index in [2.05, 4.69) is 10.3 Å². The largest absolute Gasteiger partial charge is 0.497 e. The van der Waals surface area contributed by atoms with E-state index in [-0.39, 0.29) is 50.7 Å². The maximum Gasteiger partial charge on any atom is 0.416 e. The zero-order valence-corrected chi connectivity index (χ0v) is 22.6. The highest BCUT2D eigenvalue weighted by molar-refractivity contribution is 7.18. The highest BCUT2D eigenvalue weighted by Gasteiger charge is 2.58. The number of nitrogens with two attached hydrogens (primary N) is 1. The van der Waals surface area contributed by atoms with E-state index < -0.39 is 46.6 Å². The van der Waals surface area contributed by atoms with Crippen molar-refractivity contribution < 1.29 is 45.5 Å². The summed E-state index contributed by atoms with van der Waals surface area (Å²) in [6.07, 6.45) is -9.48. The fraction of sp³-hybridized carbons (Fsp3) is 0.280. The van der Waals surface area contributed by atoms with Crippen molar-refractivity contribution in [3.8, 4) is 5.75 Å². The van der Waals surface area contributed by atoms with Crippen molar-refractivity contribution in [3.63, 3.8) is 0 Å². The van der Waals surface area contributed by atoms with E-state index >= 15 is 0 Å². The van der Waals surface area contributed by atoms with Gasteiger partial charge in [-0.3, -0.25) is 19.3 Å². The Balaban J connectivity index is 1.79. The Bertz CT molecular complexity index is 1550. The normalized spacial score (nSPS) is 14.4. The summed E-state index contributed by atoms with van der Waals surface area (Å²) in [5.74, 6) is -3.16. The molecule has 0 saturated heterocycles. The van der Waals surface area contributed by atoms with Crippen LogP contribution in [0.4, 0.5) is 42.8 Å². The molecule has 0 atom stereocenters. The van der Waals surface area contributed by atoms with Crippen LogP contribution in [0.2, 0.25) is 5.02 Å².